The SMILES string of the molecule is C1=CCC(c2nc(-c3ccccc3)nc(-c3cc(-c4ccc(C5=CCCC=C5)cc4)c(-n4c5ccccc5c5c6oc7cc8oc9ccccc9c8cc7c6ccc54)c(-c4ccc(-c5ccccc5)cc4)c3)n2)C=C1. The van der Waals surface area contributed by atoms with Gasteiger partial charge >= 0.3 is 0 Å². The highest BCUT2D eigenvalue weighted by Gasteiger charge is 2.26. The molecule has 6 heteroatoms. The Bertz CT molecular complexity index is 4530. The number of nitrogens with zero attached hydrogens (tertiary/aromatic N) is 4. The molecule has 9 aromatic carbocycles. The highest BCUT2D eigenvalue weighted by atomic mass is 16.3. The van der Waals surface area contributed by atoms with Gasteiger partial charge in [0.1, 0.15) is 28.2 Å². The van der Waals surface area contributed by atoms with Crippen LogP contribution >= 0.6 is 0 Å². The molecule has 13 aromatic rings. The molecule has 0 N–H and O–H groups in total. The molecular weight excluding hydrogens is 917 g/mol. The second kappa shape index (κ2) is 17.5. The molecule has 4 heterocycles. The van der Waals surface area contributed by atoms with E-state index in [0.29, 0.717) is 11.6 Å². The maximum Gasteiger partial charge on any atom is 0.163 e. The first-order chi connectivity index (χ1) is 37.2. The number of fused-ring (bicyclic) bond motifs is 10. The monoisotopic (exact) mass is 962 g/mol. The number of allylic oxidation sites excluding steroid dienone is 8. The van der Waals surface area contributed by atoms with Gasteiger partial charge in [0.2, 0.25) is 0 Å². The van der Waals surface area contributed by atoms with Crippen LogP contribution in [-0.4, -0.2) is 19.5 Å². The van der Waals surface area contributed by atoms with Crippen molar-refractivity contribution in [2.45, 2.75) is 25.2 Å². The third-order valence-electron chi connectivity index (χ3n) is 15.2. The maximum absolute atomic E-state index is 7.05. The standard InChI is InChI=1S/C69H46N4O2/c1-5-17-43(18-6-1)45-29-33-47(34-30-45)55-39-51(69-71-67(49-21-9-3-10-22-49)70-68(72-69)50-23-11-4-12-24-50)40-56(48-35-31-46(32-36-48)44-19-7-2-8-20-44)65(55)73-59-27-15-13-26-54(59)64-60(73)38-37-53-58-41-57-52-25-14-16-28-61(52)74-62(57)42-63(58)75-66(53)64/h1,3-7,9-23,25-42,50H,2,8,24H2. The minimum Gasteiger partial charge on any atom is -0.456 e. The quantitative estimate of drug-likeness (QED) is 0.152. The van der Waals surface area contributed by atoms with E-state index in [0.717, 1.165) is 141 Å². The summed E-state index contributed by atoms with van der Waals surface area (Å²) in [5.74, 6) is 2.02. The van der Waals surface area contributed by atoms with Crippen LogP contribution in [0, 0.1) is 0 Å². The fraction of sp³-hybridized carbons (Fsp3) is 0.0580. The number of rotatable bonds is 8. The highest BCUT2D eigenvalue weighted by Crippen LogP contribution is 2.47. The number of aromatic nitrogens is 4. The molecule has 0 saturated heterocycles. The van der Waals surface area contributed by atoms with Crippen LogP contribution in [0.4, 0.5) is 0 Å². The normalized spacial score (nSPS) is 14.6. The van der Waals surface area contributed by atoms with Crippen LogP contribution in [0.2, 0.25) is 0 Å². The van der Waals surface area contributed by atoms with E-state index in [1.807, 2.05) is 30.3 Å². The molecular formula is C69H46N4O2. The lowest BCUT2D eigenvalue weighted by atomic mass is 9.90. The van der Waals surface area contributed by atoms with Crippen molar-refractivity contribution in [2.75, 3.05) is 0 Å². The molecule has 0 radical (unpaired) electrons. The largest absolute Gasteiger partial charge is 0.456 e. The van der Waals surface area contributed by atoms with Crippen molar-refractivity contribution >= 4 is 71.3 Å². The Balaban J connectivity index is 1.03. The molecule has 4 aromatic heterocycles. The van der Waals surface area contributed by atoms with Crippen LogP contribution in [0.5, 0.6) is 0 Å². The molecule has 354 valence electrons. The Kier molecular flexibility index (Phi) is 10.0. The van der Waals surface area contributed by atoms with Gasteiger partial charge in [-0.15, -0.1) is 0 Å². The third kappa shape index (κ3) is 7.28. The van der Waals surface area contributed by atoms with E-state index < -0.39 is 0 Å². The summed E-state index contributed by atoms with van der Waals surface area (Å²) >= 11 is 0. The summed E-state index contributed by atoms with van der Waals surface area (Å²) in [5.41, 5.74) is 17.2. The van der Waals surface area contributed by atoms with E-state index in [1.54, 1.807) is 0 Å². The Morgan fingerprint density at radius 1 is 0.427 bits per heavy atom. The highest BCUT2D eigenvalue weighted by molar-refractivity contribution is 6.25. The summed E-state index contributed by atoms with van der Waals surface area (Å²) in [6.07, 6.45) is 18.3. The second-order valence-corrected chi connectivity index (χ2v) is 19.7. The van der Waals surface area contributed by atoms with Gasteiger partial charge in [-0.1, -0.05) is 188 Å². The molecule has 0 saturated carbocycles. The Hall–Kier alpha value is -9.65. The molecule has 0 amide bonds. The molecule has 6 nitrogen and oxygen atoms in total. The van der Waals surface area contributed by atoms with Gasteiger partial charge < -0.3 is 13.4 Å². The minimum atomic E-state index is 0.00989. The van der Waals surface area contributed by atoms with Crippen molar-refractivity contribution in [1.29, 1.82) is 0 Å². The van der Waals surface area contributed by atoms with Gasteiger partial charge in [0.05, 0.1) is 22.1 Å². The van der Waals surface area contributed by atoms with E-state index in [9.17, 15) is 0 Å². The number of hydrogen-bond donors (Lipinski definition) is 0. The third-order valence-corrected chi connectivity index (χ3v) is 15.2. The van der Waals surface area contributed by atoms with Gasteiger partial charge in [0.25, 0.3) is 0 Å². The van der Waals surface area contributed by atoms with E-state index in [4.69, 9.17) is 23.8 Å². The summed E-state index contributed by atoms with van der Waals surface area (Å²) in [4.78, 5) is 15.9. The van der Waals surface area contributed by atoms with Crippen molar-refractivity contribution in [2.24, 2.45) is 0 Å². The molecule has 15 rings (SSSR count). The van der Waals surface area contributed by atoms with E-state index in [-0.39, 0.29) is 5.92 Å². The number of hydrogen-bond acceptors (Lipinski definition) is 5. The average Bonchev–Trinajstić information content (AvgIpc) is 4.26. The van der Waals surface area contributed by atoms with Crippen LogP contribution in [0.15, 0.2) is 245 Å². The molecule has 0 fully saturated rings. The number of benzene rings is 9. The van der Waals surface area contributed by atoms with Crippen LogP contribution < -0.4 is 0 Å². The topological polar surface area (TPSA) is 69.9 Å². The lowest BCUT2D eigenvalue weighted by molar-refractivity contribution is 0.658. The van der Waals surface area contributed by atoms with Crippen molar-refractivity contribution < 1.29 is 8.83 Å². The van der Waals surface area contributed by atoms with Crippen LogP contribution in [0.25, 0.3) is 133 Å². The summed E-state index contributed by atoms with van der Waals surface area (Å²) in [6.45, 7) is 0. The Morgan fingerprint density at radius 3 is 1.80 bits per heavy atom. The predicted molar refractivity (Wildman–Crippen MR) is 308 cm³/mol. The molecule has 2 aliphatic carbocycles. The first kappa shape index (κ1) is 43.0. The van der Waals surface area contributed by atoms with E-state index in [2.05, 4.69) is 211 Å². The first-order valence-electron chi connectivity index (χ1n) is 25.8. The van der Waals surface area contributed by atoms with Crippen LogP contribution in [-0.2, 0) is 0 Å². The summed E-state index contributed by atoms with van der Waals surface area (Å²) in [6, 6.07) is 69.3. The van der Waals surface area contributed by atoms with E-state index >= 15 is 0 Å². The number of furan rings is 2. The Morgan fingerprint density at radius 2 is 1.07 bits per heavy atom. The lowest BCUT2D eigenvalue weighted by Crippen LogP contribution is -2.08. The van der Waals surface area contributed by atoms with E-state index in [1.165, 1.54) is 11.1 Å². The van der Waals surface area contributed by atoms with Crippen molar-refractivity contribution in [3.8, 4) is 61.8 Å². The zero-order valence-electron chi connectivity index (χ0n) is 40.8. The molecule has 0 spiro atoms. The van der Waals surface area contributed by atoms with Gasteiger partial charge in [0, 0.05) is 61.2 Å². The fourth-order valence-corrected chi connectivity index (χ4v) is 11.5. The molecule has 75 heavy (non-hydrogen) atoms. The molecule has 1 atom stereocenters. The van der Waals surface area contributed by atoms with Gasteiger partial charge in [-0.25, -0.2) is 15.0 Å². The first-order valence-corrected chi connectivity index (χ1v) is 25.8. The average molecular weight is 963 g/mol. The van der Waals surface area contributed by atoms with Crippen molar-refractivity contribution in [3.05, 3.63) is 248 Å². The van der Waals surface area contributed by atoms with Crippen LogP contribution in [0.1, 0.15) is 36.6 Å². The fourth-order valence-electron chi connectivity index (χ4n) is 11.5. The molecule has 0 bridgehead atoms. The van der Waals surface area contributed by atoms with Gasteiger partial charge in [-0.2, -0.15) is 0 Å². The van der Waals surface area contributed by atoms with Crippen molar-refractivity contribution in [3.63, 3.8) is 0 Å². The smallest absolute Gasteiger partial charge is 0.163 e. The zero-order valence-corrected chi connectivity index (χ0v) is 40.8. The summed E-state index contributed by atoms with van der Waals surface area (Å²) in [7, 11) is 0. The zero-order chi connectivity index (χ0) is 49.4. The minimum absolute atomic E-state index is 0.00989. The van der Waals surface area contributed by atoms with Crippen LogP contribution in [0.3, 0.4) is 0 Å². The van der Waals surface area contributed by atoms with Crippen molar-refractivity contribution in [1.82, 2.24) is 19.5 Å². The molecule has 2 aliphatic rings. The molecule has 1 unspecified atom stereocenters. The Labute approximate surface area is 432 Å². The van der Waals surface area contributed by atoms with Gasteiger partial charge in [0.15, 0.2) is 11.6 Å². The summed E-state index contributed by atoms with van der Waals surface area (Å²) < 4.78 is 15.9. The summed E-state index contributed by atoms with van der Waals surface area (Å²) in [5, 5.41) is 6.44. The number of para-hydroxylation sites is 2. The van der Waals surface area contributed by atoms with Gasteiger partial charge in [-0.3, -0.25) is 0 Å². The lowest BCUT2D eigenvalue weighted by Gasteiger charge is -2.22. The second-order valence-electron chi connectivity index (χ2n) is 19.7. The van der Waals surface area contributed by atoms with Gasteiger partial charge in [-0.05, 0) is 95.1 Å². The predicted octanol–water partition coefficient (Wildman–Crippen LogP) is 18.4. The maximum atomic E-state index is 7.05. The molecule has 0 aliphatic heterocycles.